The second-order valence-electron chi connectivity index (χ2n) is 7.08. The quantitative estimate of drug-likeness (QED) is 0.182. The fourth-order valence-corrected chi connectivity index (χ4v) is 7.80. The lowest BCUT2D eigenvalue weighted by atomic mass is 10.2. The predicted octanol–water partition coefficient (Wildman–Crippen LogP) is 7.24. The number of benzene rings is 3. The minimum absolute atomic E-state index is 0.289. The van der Waals surface area contributed by atoms with Crippen LogP contribution in [0.2, 0.25) is 0 Å². The molecule has 0 fully saturated rings. The van der Waals surface area contributed by atoms with Gasteiger partial charge in [0.15, 0.2) is 14.1 Å². The minimum Gasteiger partial charge on any atom is -0.475 e. The summed E-state index contributed by atoms with van der Waals surface area (Å²) in [6, 6.07) is 24.1. The molecular weight excluding hydrogens is 521 g/mol. The zero-order valence-electron chi connectivity index (χ0n) is 17.9. The zero-order valence-corrected chi connectivity index (χ0v) is 21.2. The van der Waals surface area contributed by atoms with Gasteiger partial charge in [0, 0.05) is 6.07 Å². The lowest BCUT2D eigenvalue weighted by Gasteiger charge is -1.97. The van der Waals surface area contributed by atoms with Crippen molar-refractivity contribution in [3.8, 4) is 0 Å². The number of nitrogens with zero attached hydrogens (tertiary/aromatic N) is 2. The summed E-state index contributed by atoms with van der Waals surface area (Å²) in [7, 11) is 0. The highest BCUT2D eigenvalue weighted by molar-refractivity contribution is 8.17. The Balaban J connectivity index is 0.000000158. The van der Waals surface area contributed by atoms with Crippen molar-refractivity contribution >= 4 is 83.6 Å². The lowest BCUT2D eigenvalue weighted by molar-refractivity contribution is 0.0663. The Bertz CT molecular complexity index is 1570. The molecule has 0 unspecified atom stereocenters. The Kier molecular flexibility index (Phi) is 7.14. The summed E-state index contributed by atoms with van der Waals surface area (Å²) in [5, 5.41) is 9.97. The van der Waals surface area contributed by atoms with Crippen LogP contribution in [0.4, 0.5) is 0 Å². The molecule has 1 N–H and O–H groups in total. The molecule has 3 heterocycles. The van der Waals surface area contributed by atoms with Gasteiger partial charge in [-0.25, -0.2) is 14.8 Å². The number of thioether (sulfide) groups is 2. The summed E-state index contributed by atoms with van der Waals surface area (Å²) in [5.41, 5.74) is 2.13. The molecule has 0 aliphatic rings. The first-order valence-corrected chi connectivity index (χ1v) is 13.9. The van der Waals surface area contributed by atoms with Crippen LogP contribution in [-0.2, 0) is 0 Å². The highest BCUT2D eigenvalue weighted by Gasteiger charge is 2.09. The lowest BCUT2D eigenvalue weighted by Crippen LogP contribution is -2.05. The van der Waals surface area contributed by atoms with Gasteiger partial charge in [0.25, 0.3) is 0 Å². The van der Waals surface area contributed by atoms with Gasteiger partial charge in [0.2, 0.25) is 5.76 Å². The number of rotatable bonds is 5. The Hall–Kier alpha value is -3.18. The van der Waals surface area contributed by atoms with Crippen LogP contribution in [0.3, 0.4) is 0 Å². The van der Waals surface area contributed by atoms with Gasteiger partial charge in [-0.2, -0.15) is 0 Å². The third kappa shape index (κ3) is 5.57. The molecule has 0 bridgehead atoms. The second kappa shape index (κ2) is 10.6. The van der Waals surface area contributed by atoms with E-state index in [2.05, 4.69) is 46.4 Å². The van der Waals surface area contributed by atoms with Crippen LogP contribution in [0.25, 0.3) is 31.4 Å². The van der Waals surface area contributed by atoms with E-state index >= 15 is 0 Å². The number of para-hydroxylation sites is 3. The van der Waals surface area contributed by atoms with Crippen LogP contribution < -0.4 is 5.43 Å². The molecular formula is C25H16N2O4S4. The fourth-order valence-electron chi connectivity index (χ4n) is 3.17. The molecule has 3 aromatic carbocycles. The van der Waals surface area contributed by atoms with E-state index in [0.29, 0.717) is 5.39 Å². The largest absolute Gasteiger partial charge is 0.475 e. The number of carboxylic acids is 1. The molecule has 0 radical (unpaired) electrons. The number of carbonyl (C=O) groups is 1. The van der Waals surface area contributed by atoms with E-state index in [1.165, 1.54) is 9.40 Å². The first kappa shape index (κ1) is 23.6. The maximum Gasteiger partial charge on any atom is 0.371 e. The minimum atomic E-state index is -1.24. The SMILES string of the molecule is O=C(O)c1cc(=O)c2ccccc2o1.c1ccc2sc(SCSc3nc4ccccc4s3)nc2c1. The summed E-state index contributed by atoms with van der Waals surface area (Å²) in [5.74, 6) is -1.58. The monoisotopic (exact) mass is 536 g/mol. The summed E-state index contributed by atoms with van der Waals surface area (Å²) in [6.45, 7) is 0. The fraction of sp³-hybridized carbons (Fsp3) is 0.0400. The molecule has 10 heteroatoms. The summed E-state index contributed by atoms with van der Waals surface area (Å²) < 4.78 is 9.77. The standard InChI is InChI=1S/C15H10N2S4.C10H6O4/c1-3-7-12-10(5-1)16-14(20-12)18-9-19-15-17-11-6-2-4-8-13(11)21-15;11-7-5-9(10(12)13)14-8-4-2-1-3-6(7)8/h1-8H,9H2;1-5H,(H,12,13). The van der Waals surface area contributed by atoms with Crippen LogP contribution in [0.5, 0.6) is 0 Å². The van der Waals surface area contributed by atoms with Gasteiger partial charge < -0.3 is 9.52 Å². The molecule has 0 spiro atoms. The van der Waals surface area contributed by atoms with Crippen LogP contribution in [0, 0.1) is 0 Å². The highest BCUT2D eigenvalue weighted by Crippen LogP contribution is 2.35. The van der Waals surface area contributed by atoms with Crippen LogP contribution in [0.1, 0.15) is 10.6 Å². The van der Waals surface area contributed by atoms with E-state index in [0.717, 1.165) is 30.9 Å². The number of fused-ring (bicyclic) bond motifs is 3. The first-order chi connectivity index (χ1) is 17.1. The predicted molar refractivity (Wildman–Crippen MR) is 145 cm³/mol. The molecule has 6 aromatic rings. The molecule has 3 aromatic heterocycles. The molecule has 174 valence electrons. The van der Waals surface area contributed by atoms with Crippen molar-refractivity contribution in [3.63, 3.8) is 0 Å². The topological polar surface area (TPSA) is 93.3 Å². The van der Waals surface area contributed by atoms with Gasteiger partial charge in [-0.3, -0.25) is 4.79 Å². The maximum atomic E-state index is 11.4. The Morgan fingerprint density at radius 1 is 0.829 bits per heavy atom. The number of aromatic nitrogens is 2. The van der Waals surface area contributed by atoms with Crippen molar-refractivity contribution in [1.29, 1.82) is 0 Å². The highest BCUT2D eigenvalue weighted by atomic mass is 32.2. The molecule has 0 amide bonds. The normalized spacial score (nSPS) is 11.0. The Labute approximate surface area is 215 Å². The van der Waals surface area contributed by atoms with Crippen molar-refractivity contribution in [2.45, 2.75) is 8.68 Å². The summed E-state index contributed by atoms with van der Waals surface area (Å²) in [4.78, 5) is 31.2. The average molecular weight is 537 g/mol. The van der Waals surface area contributed by atoms with Crippen molar-refractivity contribution in [2.24, 2.45) is 0 Å². The third-order valence-electron chi connectivity index (χ3n) is 4.76. The summed E-state index contributed by atoms with van der Waals surface area (Å²) >= 11 is 7.09. The molecule has 0 saturated heterocycles. The van der Waals surface area contributed by atoms with Gasteiger partial charge in [-0.05, 0) is 36.4 Å². The van der Waals surface area contributed by atoms with E-state index in [4.69, 9.17) is 9.52 Å². The van der Waals surface area contributed by atoms with Crippen LogP contribution in [-0.4, -0.2) is 26.1 Å². The average Bonchev–Trinajstić information content (AvgIpc) is 3.47. The van der Waals surface area contributed by atoms with Gasteiger partial charge in [0.05, 0.1) is 30.9 Å². The van der Waals surface area contributed by atoms with Gasteiger partial charge in [-0.1, -0.05) is 59.9 Å². The molecule has 6 rings (SSSR count). The van der Waals surface area contributed by atoms with Crippen molar-refractivity contribution in [3.05, 3.63) is 94.8 Å². The Morgan fingerprint density at radius 3 is 1.94 bits per heavy atom. The third-order valence-corrected chi connectivity index (χ3v) is 9.25. The molecule has 0 atom stereocenters. The zero-order chi connectivity index (χ0) is 24.2. The van der Waals surface area contributed by atoms with Crippen molar-refractivity contribution < 1.29 is 14.3 Å². The van der Waals surface area contributed by atoms with Crippen LogP contribution in [0.15, 0.2) is 96.8 Å². The van der Waals surface area contributed by atoms with Crippen LogP contribution >= 0.6 is 46.2 Å². The molecule has 6 nitrogen and oxygen atoms in total. The van der Waals surface area contributed by atoms with Gasteiger partial charge in [0.1, 0.15) is 5.58 Å². The Morgan fingerprint density at radius 2 is 1.37 bits per heavy atom. The van der Waals surface area contributed by atoms with Gasteiger partial charge in [-0.15, -0.1) is 22.7 Å². The summed E-state index contributed by atoms with van der Waals surface area (Å²) in [6.07, 6.45) is 0. The molecule has 0 saturated carbocycles. The molecule has 0 aliphatic carbocycles. The van der Waals surface area contributed by atoms with Crippen molar-refractivity contribution in [1.82, 2.24) is 9.97 Å². The second-order valence-corrected chi connectivity index (χ2v) is 11.9. The first-order valence-electron chi connectivity index (χ1n) is 10.3. The number of thiazole rings is 2. The van der Waals surface area contributed by atoms with Gasteiger partial charge >= 0.3 is 5.97 Å². The van der Waals surface area contributed by atoms with Crippen molar-refractivity contribution in [2.75, 3.05) is 5.08 Å². The molecule has 35 heavy (non-hydrogen) atoms. The molecule has 0 aliphatic heterocycles. The number of hydrogen-bond donors (Lipinski definition) is 1. The smallest absolute Gasteiger partial charge is 0.371 e. The van der Waals surface area contributed by atoms with E-state index in [9.17, 15) is 9.59 Å². The van der Waals surface area contributed by atoms with E-state index < -0.39 is 5.97 Å². The number of hydrogen-bond acceptors (Lipinski definition) is 9. The number of aromatic carboxylic acids is 1. The van der Waals surface area contributed by atoms with E-state index in [1.54, 1.807) is 70.5 Å². The number of carboxylic acid groups (broad SMARTS) is 1. The van der Waals surface area contributed by atoms with E-state index in [1.807, 2.05) is 12.1 Å². The maximum absolute atomic E-state index is 11.4. The van der Waals surface area contributed by atoms with E-state index in [-0.39, 0.29) is 16.8 Å².